The van der Waals surface area contributed by atoms with Gasteiger partial charge in [-0.25, -0.2) is 14.8 Å². The van der Waals surface area contributed by atoms with E-state index in [0.29, 0.717) is 22.2 Å². The van der Waals surface area contributed by atoms with Gasteiger partial charge in [-0.15, -0.1) is 0 Å². The standard InChI is InChI=1S/C24H30N4O4/c1-16(2)19-14-17(31-4)15-20-21(19)24(29)32-23(26-20)18-6-5-7-25-22(18)28-10-8-27(9-11-28)12-13-30-3/h5-7,14-16H,8-13H2,1-4H3. The van der Waals surface area contributed by atoms with Crippen molar-refractivity contribution in [3.05, 3.63) is 46.4 Å². The molecular weight excluding hydrogens is 408 g/mol. The molecule has 170 valence electrons. The molecule has 3 aromatic rings. The van der Waals surface area contributed by atoms with Crippen molar-refractivity contribution in [2.24, 2.45) is 0 Å². The Hall–Kier alpha value is -2.97. The number of anilines is 1. The smallest absolute Gasteiger partial charge is 0.347 e. The van der Waals surface area contributed by atoms with Crippen molar-refractivity contribution in [2.75, 3.05) is 58.5 Å². The Morgan fingerprint density at radius 1 is 1.16 bits per heavy atom. The van der Waals surface area contributed by atoms with Crippen molar-refractivity contribution in [1.29, 1.82) is 0 Å². The Balaban J connectivity index is 1.72. The summed E-state index contributed by atoms with van der Waals surface area (Å²) in [5, 5.41) is 0.502. The minimum absolute atomic E-state index is 0.131. The first-order valence-corrected chi connectivity index (χ1v) is 11.0. The van der Waals surface area contributed by atoms with E-state index < -0.39 is 5.63 Å². The molecule has 0 bridgehead atoms. The molecule has 2 aromatic heterocycles. The largest absolute Gasteiger partial charge is 0.497 e. The molecular formula is C24H30N4O4. The summed E-state index contributed by atoms with van der Waals surface area (Å²) in [6.07, 6.45) is 1.76. The van der Waals surface area contributed by atoms with Crippen LogP contribution in [0.5, 0.6) is 5.75 Å². The first-order valence-electron chi connectivity index (χ1n) is 11.0. The molecule has 4 rings (SSSR count). The number of piperazine rings is 1. The van der Waals surface area contributed by atoms with Crippen molar-refractivity contribution >= 4 is 16.7 Å². The molecule has 1 saturated heterocycles. The van der Waals surface area contributed by atoms with Crippen molar-refractivity contribution in [3.8, 4) is 17.2 Å². The van der Waals surface area contributed by atoms with E-state index in [9.17, 15) is 4.79 Å². The molecule has 8 heteroatoms. The number of fused-ring (bicyclic) bond motifs is 1. The maximum atomic E-state index is 13.0. The van der Waals surface area contributed by atoms with E-state index in [0.717, 1.165) is 50.7 Å². The van der Waals surface area contributed by atoms with Crippen LogP contribution in [0.2, 0.25) is 0 Å². The number of hydrogen-bond acceptors (Lipinski definition) is 8. The summed E-state index contributed by atoms with van der Waals surface area (Å²) in [6, 6.07) is 7.40. The van der Waals surface area contributed by atoms with Crippen LogP contribution in [-0.4, -0.2) is 68.4 Å². The molecule has 0 N–H and O–H groups in total. The second-order valence-corrected chi connectivity index (χ2v) is 8.27. The molecule has 3 heterocycles. The molecule has 1 aliphatic heterocycles. The zero-order chi connectivity index (χ0) is 22.7. The Bertz CT molecular complexity index is 1140. The van der Waals surface area contributed by atoms with E-state index in [-0.39, 0.29) is 11.8 Å². The summed E-state index contributed by atoms with van der Waals surface area (Å²) in [7, 11) is 3.34. The van der Waals surface area contributed by atoms with E-state index >= 15 is 0 Å². The van der Waals surface area contributed by atoms with Gasteiger partial charge in [0.1, 0.15) is 11.6 Å². The fourth-order valence-corrected chi connectivity index (χ4v) is 4.11. The Labute approximate surface area is 187 Å². The van der Waals surface area contributed by atoms with Crippen LogP contribution in [0.4, 0.5) is 5.82 Å². The lowest BCUT2D eigenvalue weighted by molar-refractivity contribution is 0.144. The molecule has 1 aliphatic rings. The van der Waals surface area contributed by atoms with Gasteiger partial charge < -0.3 is 18.8 Å². The van der Waals surface area contributed by atoms with Gasteiger partial charge in [-0.1, -0.05) is 13.8 Å². The number of pyridine rings is 1. The number of ether oxygens (including phenoxy) is 2. The van der Waals surface area contributed by atoms with Gasteiger partial charge in [0, 0.05) is 52.1 Å². The normalized spacial score (nSPS) is 15.0. The number of rotatable bonds is 7. The second kappa shape index (κ2) is 9.67. The van der Waals surface area contributed by atoms with Crippen molar-refractivity contribution in [2.45, 2.75) is 19.8 Å². The summed E-state index contributed by atoms with van der Waals surface area (Å²) >= 11 is 0. The van der Waals surface area contributed by atoms with E-state index in [2.05, 4.69) is 14.8 Å². The van der Waals surface area contributed by atoms with Crippen LogP contribution in [0.25, 0.3) is 22.4 Å². The van der Waals surface area contributed by atoms with Gasteiger partial charge in [-0.3, -0.25) is 4.90 Å². The number of hydrogen-bond donors (Lipinski definition) is 0. The summed E-state index contributed by atoms with van der Waals surface area (Å²) in [4.78, 5) is 27.0. The summed E-state index contributed by atoms with van der Waals surface area (Å²) in [6.45, 7) is 9.21. The third-order valence-corrected chi connectivity index (χ3v) is 5.90. The van der Waals surface area contributed by atoms with E-state index in [1.165, 1.54) is 0 Å². The summed E-state index contributed by atoms with van der Waals surface area (Å²) < 4.78 is 16.4. The maximum Gasteiger partial charge on any atom is 0.347 e. The van der Waals surface area contributed by atoms with Crippen LogP contribution < -0.4 is 15.3 Å². The molecule has 0 radical (unpaired) electrons. The number of aromatic nitrogens is 2. The fraction of sp³-hybridized carbons (Fsp3) is 0.458. The number of benzene rings is 1. The topological polar surface area (TPSA) is 80.9 Å². The fourth-order valence-electron chi connectivity index (χ4n) is 4.11. The van der Waals surface area contributed by atoms with Crippen molar-refractivity contribution < 1.29 is 13.9 Å². The van der Waals surface area contributed by atoms with Gasteiger partial charge in [-0.2, -0.15) is 0 Å². The molecule has 0 amide bonds. The minimum Gasteiger partial charge on any atom is -0.497 e. The van der Waals surface area contributed by atoms with Crippen LogP contribution >= 0.6 is 0 Å². The number of methoxy groups -OCH3 is 2. The molecule has 1 fully saturated rings. The zero-order valence-electron chi connectivity index (χ0n) is 19.1. The van der Waals surface area contributed by atoms with E-state index in [4.69, 9.17) is 18.9 Å². The maximum absolute atomic E-state index is 13.0. The average molecular weight is 439 g/mol. The summed E-state index contributed by atoms with van der Waals surface area (Å²) in [5.74, 6) is 1.85. The lowest BCUT2D eigenvalue weighted by Gasteiger charge is -2.35. The molecule has 0 saturated carbocycles. The van der Waals surface area contributed by atoms with Crippen LogP contribution in [0.1, 0.15) is 25.3 Å². The lowest BCUT2D eigenvalue weighted by atomic mass is 9.98. The average Bonchev–Trinajstić information content (AvgIpc) is 2.82. The monoisotopic (exact) mass is 438 g/mol. The van der Waals surface area contributed by atoms with Gasteiger partial charge >= 0.3 is 5.63 Å². The van der Waals surface area contributed by atoms with Gasteiger partial charge in [0.2, 0.25) is 5.89 Å². The molecule has 32 heavy (non-hydrogen) atoms. The highest BCUT2D eigenvalue weighted by Gasteiger charge is 2.23. The predicted octanol–water partition coefficient (Wildman–Crippen LogP) is 3.15. The van der Waals surface area contributed by atoms with Crippen molar-refractivity contribution in [1.82, 2.24) is 14.9 Å². The molecule has 8 nitrogen and oxygen atoms in total. The van der Waals surface area contributed by atoms with Gasteiger partial charge in [0.25, 0.3) is 0 Å². The predicted molar refractivity (Wildman–Crippen MR) is 125 cm³/mol. The Kier molecular flexibility index (Phi) is 6.72. The van der Waals surface area contributed by atoms with Crippen LogP contribution in [0.3, 0.4) is 0 Å². The van der Waals surface area contributed by atoms with Crippen LogP contribution in [0, 0.1) is 0 Å². The minimum atomic E-state index is -0.393. The highest BCUT2D eigenvalue weighted by atomic mass is 16.5. The van der Waals surface area contributed by atoms with Gasteiger partial charge in [-0.05, 0) is 29.7 Å². The molecule has 0 aliphatic carbocycles. The Morgan fingerprint density at radius 3 is 2.62 bits per heavy atom. The van der Waals surface area contributed by atoms with Gasteiger partial charge in [0.15, 0.2) is 0 Å². The quantitative estimate of drug-likeness (QED) is 0.557. The first kappa shape index (κ1) is 22.2. The zero-order valence-corrected chi connectivity index (χ0v) is 19.1. The molecule has 0 spiro atoms. The number of nitrogens with zero attached hydrogens (tertiary/aromatic N) is 4. The third kappa shape index (κ3) is 4.47. The van der Waals surface area contributed by atoms with E-state index in [1.807, 2.05) is 32.0 Å². The van der Waals surface area contributed by atoms with Crippen LogP contribution in [0.15, 0.2) is 39.7 Å². The first-order chi connectivity index (χ1) is 15.5. The lowest BCUT2D eigenvalue weighted by Crippen LogP contribution is -2.47. The molecule has 1 aromatic carbocycles. The SMILES string of the molecule is COCCN1CCN(c2ncccc2-c2nc3cc(OC)cc(C(C)C)c3c(=O)o2)CC1. The Morgan fingerprint density at radius 2 is 1.94 bits per heavy atom. The van der Waals surface area contributed by atoms with Crippen molar-refractivity contribution in [3.63, 3.8) is 0 Å². The third-order valence-electron chi connectivity index (χ3n) is 5.90. The second-order valence-electron chi connectivity index (χ2n) is 8.27. The highest BCUT2D eigenvalue weighted by molar-refractivity contribution is 5.85. The highest BCUT2D eigenvalue weighted by Crippen LogP contribution is 2.32. The van der Waals surface area contributed by atoms with Gasteiger partial charge in [0.05, 0.1) is 30.2 Å². The summed E-state index contributed by atoms with van der Waals surface area (Å²) in [5.41, 5.74) is 1.76. The van der Waals surface area contributed by atoms with E-state index in [1.54, 1.807) is 26.5 Å². The molecule has 0 unspecified atom stereocenters. The molecule has 0 atom stereocenters. The van der Waals surface area contributed by atoms with Crippen LogP contribution in [-0.2, 0) is 4.74 Å².